The standard InChI is InChI=1S/C55H41N/c1-53(2)45-20-10-5-15-37(45)42-28-25-34(31-50(42)53)56(35-26-29-43-38-16-6-11-21-46(38)54(3,4)51(43)32-35)36-27-30-44-41-19-9-14-24-49(41)55(52(44)33-36)47-22-12-7-17-39(47)40-18-8-13-23-48(40)55/h5-33H,1-4H3. The van der Waals surface area contributed by atoms with Crippen LogP contribution in [0.2, 0.25) is 0 Å². The second kappa shape index (κ2) is 10.9. The summed E-state index contributed by atoms with van der Waals surface area (Å²) in [6, 6.07) is 66.9. The molecule has 0 heterocycles. The summed E-state index contributed by atoms with van der Waals surface area (Å²) in [5, 5.41) is 0. The SMILES string of the molecule is CC1(C)c2ccccc2-c2ccc(N(c3ccc4c(c3)C(C)(C)c3ccccc3-4)c3ccc4c(c3)C3(c5ccccc5-c5ccccc53)c3ccccc3-4)cc21. The second-order valence-electron chi connectivity index (χ2n) is 17.3. The van der Waals surface area contributed by atoms with Crippen LogP contribution in [0.25, 0.3) is 44.5 Å². The molecule has 0 N–H and O–H groups in total. The van der Waals surface area contributed by atoms with E-state index in [4.69, 9.17) is 0 Å². The van der Waals surface area contributed by atoms with Crippen LogP contribution in [-0.4, -0.2) is 0 Å². The monoisotopic (exact) mass is 715 g/mol. The third-order valence-corrected chi connectivity index (χ3v) is 13.9. The minimum absolute atomic E-state index is 0.115. The second-order valence-corrected chi connectivity index (χ2v) is 17.3. The van der Waals surface area contributed by atoms with Gasteiger partial charge in [0.2, 0.25) is 0 Å². The fourth-order valence-corrected chi connectivity index (χ4v) is 11.3. The Hall–Kier alpha value is -6.44. The summed E-state index contributed by atoms with van der Waals surface area (Å²) < 4.78 is 0. The van der Waals surface area contributed by atoms with E-state index in [0.29, 0.717) is 0 Å². The van der Waals surface area contributed by atoms with E-state index >= 15 is 0 Å². The van der Waals surface area contributed by atoms with Crippen molar-refractivity contribution in [2.24, 2.45) is 0 Å². The van der Waals surface area contributed by atoms with Crippen molar-refractivity contribution in [3.63, 3.8) is 0 Å². The molecule has 266 valence electrons. The van der Waals surface area contributed by atoms with E-state index < -0.39 is 5.41 Å². The molecule has 0 bridgehead atoms. The molecule has 0 saturated carbocycles. The Balaban J connectivity index is 1.12. The molecule has 8 aromatic rings. The van der Waals surface area contributed by atoms with Crippen molar-refractivity contribution in [2.45, 2.75) is 43.9 Å². The van der Waals surface area contributed by atoms with Gasteiger partial charge in [-0.25, -0.2) is 0 Å². The van der Waals surface area contributed by atoms with E-state index in [1.165, 1.54) is 106 Å². The van der Waals surface area contributed by atoms with Crippen molar-refractivity contribution in [2.75, 3.05) is 4.90 Å². The quantitative estimate of drug-likeness (QED) is 0.176. The summed E-state index contributed by atoms with van der Waals surface area (Å²) in [6.45, 7) is 9.52. The zero-order valence-electron chi connectivity index (χ0n) is 32.2. The van der Waals surface area contributed by atoms with Crippen LogP contribution in [0.4, 0.5) is 17.1 Å². The maximum atomic E-state index is 2.53. The van der Waals surface area contributed by atoms with E-state index in [1.807, 2.05) is 0 Å². The van der Waals surface area contributed by atoms with Crippen LogP contribution >= 0.6 is 0 Å². The Bertz CT molecular complexity index is 2820. The predicted molar refractivity (Wildman–Crippen MR) is 233 cm³/mol. The number of fused-ring (bicyclic) bond motifs is 16. The molecule has 0 fully saturated rings. The number of benzene rings is 8. The predicted octanol–water partition coefficient (Wildman–Crippen LogP) is 14.1. The Morgan fingerprint density at radius 3 is 0.911 bits per heavy atom. The summed E-state index contributed by atoms with van der Waals surface area (Å²) in [7, 11) is 0. The van der Waals surface area contributed by atoms with E-state index in [2.05, 4.69) is 209 Å². The average molecular weight is 716 g/mol. The molecule has 0 saturated heterocycles. The first kappa shape index (κ1) is 31.9. The molecular weight excluding hydrogens is 675 g/mol. The highest BCUT2D eigenvalue weighted by Crippen LogP contribution is 2.63. The molecule has 4 aliphatic rings. The lowest BCUT2D eigenvalue weighted by Gasteiger charge is -2.33. The third kappa shape index (κ3) is 3.85. The molecule has 8 aromatic carbocycles. The summed E-state index contributed by atoms with van der Waals surface area (Å²) in [5.41, 5.74) is 24.5. The van der Waals surface area contributed by atoms with Gasteiger partial charge in [0, 0.05) is 27.9 Å². The number of anilines is 3. The van der Waals surface area contributed by atoms with Gasteiger partial charge in [-0.05, 0) is 125 Å². The van der Waals surface area contributed by atoms with Gasteiger partial charge in [0.1, 0.15) is 0 Å². The molecule has 12 rings (SSSR count). The summed E-state index contributed by atoms with van der Waals surface area (Å²) in [5.74, 6) is 0. The van der Waals surface area contributed by atoms with Gasteiger partial charge < -0.3 is 4.90 Å². The van der Waals surface area contributed by atoms with Gasteiger partial charge in [0.25, 0.3) is 0 Å². The van der Waals surface area contributed by atoms with Crippen LogP contribution in [-0.2, 0) is 16.2 Å². The molecule has 0 unspecified atom stereocenters. The maximum Gasteiger partial charge on any atom is 0.0726 e. The van der Waals surface area contributed by atoms with Crippen molar-refractivity contribution < 1.29 is 0 Å². The molecular formula is C55H41N. The topological polar surface area (TPSA) is 3.24 Å². The maximum absolute atomic E-state index is 2.53. The van der Waals surface area contributed by atoms with Crippen molar-refractivity contribution >= 4 is 17.1 Å². The summed E-state index contributed by atoms with van der Waals surface area (Å²) >= 11 is 0. The van der Waals surface area contributed by atoms with Gasteiger partial charge >= 0.3 is 0 Å². The van der Waals surface area contributed by atoms with Crippen molar-refractivity contribution in [1.82, 2.24) is 0 Å². The molecule has 0 atom stereocenters. The van der Waals surface area contributed by atoms with E-state index in [0.717, 1.165) is 0 Å². The highest BCUT2D eigenvalue weighted by atomic mass is 15.1. The van der Waals surface area contributed by atoms with E-state index in [1.54, 1.807) is 0 Å². The largest absolute Gasteiger partial charge is 0.310 e. The number of hydrogen-bond donors (Lipinski definition) is 0. The fourth-order valence-electron chi connectivity index (χ4n) is 11.3. The first-order valence-corrected chi connectivity index (χ1v) is 20.0. The minimum atomic E-state index is -0.413. The normalized spacial score (nSPS) is 15.9. The van der Waals surface area contributed by atoms with Gasteiger partial charge in [-0.15, -0.1) is 0 Å². The molecule has 1 heteroatoms. The van der Waals surface area contributed by atoms with E-state index in [9.17, 15) is 0 Å². The Morgan fingerprint density at radius 1 is 0.268 bits per heavy atom. The van der Waals surface area contributed by atoms with Gasteiger partial charge in [-0.1, -0.05) is 167 Å². The molecule has 56 heavy (non-hydrogen) atoms. The van der Waals surface area contributed by atoms with Crippen LogP contribution in [0.1, 0.15) is 72.2 Å². The van der Waals surface area contributed by atoms with Crippen molar-refractivity contribution in [3.8, 4) is 44.5 Å². The summed E-state index contributed by atoms with van der Waals surface area (Å²) in [6.07, 6.45) is 0. The summed E-state index contributed by atoms with van der Waals surface area (Å²) in [4.78, 5) is 2.53. The van der Waals surface area contributed by atoms with Crippen LogP contribution in [0.3, 0.4) is 0 Å². The van der Waals surface area contributed by atoms with Crippen LogP contribution in [0.5, 0.6) is 0 Å². The Kier molecular flexibility index (Phi) is 6.18. The Morgan fingerprint density at radius 2 is 0.536 bits per heavy atom. The molecule has 1 nitrogen and oxygen atoms in total. The third-order valence-electron chi connectivity index (χ3n) is 13.9. The highest BCUT2D eigenvalue weighted by Gasteiger charge is 2.51. The molecule has 0 aromatic heterocycles. The van der Waals surface area contributed by atoms with Gasteiger partial charge in [0.15, 0.2) is 0 Å². The molecule has 0 radical (unpaired) electrons. The first-order chi connectivity index (χ1) is 27.3. The fraction of sp³-hybridized carbons (Fsp3) is 0.127. The smallest absolute Gasteiger partial charge is 0.0726 e. The zero-order valence-corrected chi connectivity index (χ0v) is 32.2. The lowest BCUT2D eigenvalue weighted by Crippen LogP contribution is -2.26. The number of nitrogens with zero attached hydrogens (tertiary/aromatic N) is 1. The average Bonchev–Trinajstić information content (AvgIpc) is 3.86. The number of hydrogen-bond acceptors (Lipinski definition) is 1. The molecule has 0 amide bonds. The number of rotatable bonds is 3. The minimum Gasteiger partial charge on any atom is -0.310 e. The molecule has 1 spiro atoms. The van der Waals surface area contributed by atoms with Gasteiger partial charge in [0.05, 0.1) is 5.41 Å². The van der Waals surface area contributed by atoms with Gasteiger partial charge in [-0.2, -0.15) is 0 Å². The highest BCUT2D eigenvalue weighted by molar-refractivity contribution is 5.97. The Labute approximate surface area is 329 Å². The van der Waals surface area contributed by atoms with E-state index in [-0.39, 0.29) is 10.8 Å². The van der Waals surface area contributed by atoms with Crippen molar-refractivity contribution in [3.05, 3.63) is 220 Å². The van der Waals surface area contributed by atoms with Gasteiger partial charge in [-0.3, -0.25) is 0 Å². The van der Waals surface area contributed by atoms with Crippen LogP contribution in [0.15, 0.2) is 176 Å². The lowest BCUT2D eigenvalue weighted by atomic mass is 9.70. The van der Waals surface area contributed by atoms with Crippen molar-refractivity contribution in [1.29, 1.82) is 0 Å². The lowest BCUT2D eigenvalue weighted by molar-refractivity contribution is 0.660. The first-order valence-electron chi connectivity index (χ1n) is 20.0. The van der Waals surface area contributed by atoms with Crippen LogP contribution in [0, 0.1) is 0 Å². The van der Waals surface area contributed by atoms with Crippen LogP contribution < -0.4 is 4.90 Å². The molecule has 0 aliphatic heterocycles. The molecule has 4 aliphatic carbocycles. The zero-order chi connectivity index (χ0) is 37.6.